The van der Waals surface area contributed by atoms with E-state index in [1.807, 2.05) is 13.8 Å². The first-order chi connectivity index (χ1) is 8.61. The van der Waals surface area contributed by atoms with Gasteiger partial charge >= 0.3 is 0 Å². The highest BCUT2D eigenvalue weighted by Gasteiger charge is 2.17. The number of rotatable bonds is 3. The second kappa shape index (κ2) is 5.26. The van der Waals surface area contributed by atoms with Gasteiger partial charge in [-0.1, -0.05) is 0 Å². The van der Waals surface area contributed by atoms with E-state index in [4.69, 9.17) is 0 Å². The maximum atomic E-state index is 12.1. The first-order valence-corrected chi connectivity index (χ1v) is 6.23. The summed E-state index contributed by atoms with van der Waals surface area (Å²) in [7, 11) is 0. The number of amides is 1. The molecular formula is C11H12BrN5O. The predicted molar refractivity (Wildman–Crippen MR) is 70.3 cm³/mol. The van der Waals surface area contributed by atoms with E-state index in [-0.39, 0.29) is 11.9 Å². The Morgan fingerprint density at radius 3 is 3.00 bits per heavy atom. The second-order valence-corrected chi connectivity index (χ2v) is 4.49. The average molecular weight is 310 g/mol. The molecule has 0 radical (unpaired) electrons. The lowest BCUT2D eigenvalue weighted by Gasteiger charge is -2.06. The molecule has 6 nitrogen and oxygen atoms in total. The molecule has 0 saturated carbocycles. The van der Waals surface area contributed by atoms with E-state index in [1.165, 1.54) is 0 Å². The standard InChI is InChI=1S/C11H12BrN5O/c1-3-17-9(8(12)6-14-17)10(18)16-11-13-5-4-7(2)15-11/h4-6H,3H2,1-2H3,(H,13,15,16,18). The van der Waals surface area contributed by atoms with Crippen molar-refractivity contribution in [3.63, 3.8) is 0 Å². The maximum absolute atomic E-state index is 12.1. The number of nitrogens with one attached hydrogen (secondary N) is 1. The van der Waals surface area contributed by atoms with Gasteiger partial charge in [0.25, 0.3) is 5.91 Å². The Morgan fingerprint density at radius 1 is 1.56 bits per heavy atom. The molecule has 2 rings (SSSR count). The highest BCUT2D eigenvalue weighted by atomic mass is 79.9. The molecule has 0 atom stereocenters. The minimum Gasteiger partial charge on any atom is -0.289 e. The molecule has 7 heteroatoms. The van der Waals surface area contributed by atoms with E-state index in [9.17, 15) is 4.79 Å². The number of carbonyl (C=O) groups is 1. The topological polar surface area (TPSA) is 72.7 Å². The molecule has 0 aliphatic heterocycles. The molecule has 1 N–H and O–H groups in total. The Labute approximate surface area is 113 Å². The summed E-state index contributed by atoms with van der Waals surface area (Å²) in [4.78, 5) is 20.2. The zero-order chi connectivity index (χ0) is 13.1. The van der Waals surface area contributed by atoms with Crippen LogP contribution in [0.25, 0.3) is 0 Å². The van der Waals surface area contributed by atoms with Gasteiger partial charge in [-0.2, -0.15) is 5.10 Å². The van der Waals surface area contributed by atoms with Gasteiger partial charge in [-0.3, -0.25) is 14.8 Å². The quantitative estimate of drug-likeness (QED) is 0.941. The first-order valence-electron chi connectivity index (χ1n) is 5.44. The monoisotopic (exact) mass is 309 g/mol. The number of aromatic nitrogens is 4. The molecule has 0 unspecified atom stereocenters. The molecule has 0 fully saturated rings. The lowest BCUT2D eigenvalue weighted by Crippen LogP contribution is -2.19. The smallest absolute Gasteiger partial charge is 0.277 e. The molecule has 2 heterocycles. The van der Waals surface area contributed by atoms with Crippen molar-refractivity contribution in [1.29, 1.82) is 0 Å². The SMILES string of the molecule is CCn1ncc(Br)c1C(=O)Nc1nccc(C)n1. The van der Waals surface area contributed by atoms with E-state index in [2.05, 4.69) is 36.3 Å². The van der Waals surface area contributed by atoms with Crippen LogP contribution in [-0.4, -0.2) is 25.7 Å². The van der Waals surface area contributed by atoms with Crippen LogP contribution >= 0.6 is 15.9 Å². The van der Waals surface area contributed by atoms with E-state index < -0.39 is 0 Å². The van der Waals surface area contributed by atoms with E-state index >= 15 is 0 Å². The molecule has 2 aromatic rings. The molecule has 18 heavy (non-hydrogen) atoms. The van der Waals surface area contributed by atoms with Crippen LogP contribution in [0.15, 0.2) is 22.9 Å². The fraction of sp³-hybridized carbons (Fsp3) is 0.273. The Kier molecular flexibility index (Phi) is 3.71. The Hall–Kier alpha value is -1.76. The summed E-state index contributed by atoms with van der Waals surface area (Å²) in [6, 6.07) is 1.77. The molecule has 0 bridgehead atoms. The third-order valence-corrected chi connectivity index (χ3v) is 2.91. The Balaban J connectivity index is 2.24. The molecule has 0 aliphatic carbocycles. The highest BCUT2D eigenvalue weighted by Crippen LogP contribution is 2.17. The maximum Gasteiger partial charge on any atom is 0.277 e. The van der Waals surface area contributed by atoms with Crippen molar-refractivity contribution in [1.82, 2.24) is 19.7 Å². The lowest BCUT2D eigenvalue weighted by molar-refractivity contribution is 0.101. The lowest BCUT2D eigenvalue weighted by atomic mass is 10.4. The van der Waals surface area contributed by atoms with Gasteiger partial charge in [0.1, 0.15) is 5.69 Å². The minimum absolute atomic E-state index is 0.285. The average Bonchev–Trinajstić information content (AvgIpc) is 2.70. The van der Waals surface area contributed by atoms with Crippen LogP contribution in [0.3, 0.4) is 0 Å². The van der Waals surface area contributed by atoms with E-state index in [1.54, 1.807) is 23.1 Å². The summed E-state index contributed by atoms with van der Waals surface area (Å²) in [5.41, 5.74) is 1.26. The number of carbonyl (C=O) groups excluding carboxylic acids is 1. The molecular weight excluding hydrogens is 298 g/mol. The van der Waals surface area contributed by atoms with Crippen molar-refractivity contribution < 1.29 is 4.79 Å². The highest BCUT2D eigenvalue weighted by molar-refractivity contribution is 9.10. The summed E-state index contributed by atoms with van der Waals surface area (Å²) < 4.78 is 2.25. The van der Waals surface area contributed by atoms with Gasteiger partial charge in [0.2, 0.25) is 5.95 Å². The first kappa shape index (κ1) is 12.7. The van der Waals surface area contributed by atoms with Crippen molar-refractivity contribution >= 4 is 27.8 Å². The number of halogens is 1. The van der Waals surface area contributed by atoms with Gasteiger partial charge < -0.3 is 0 Å². The molecule has 0 aromatic carbocycles. The van der Waals surface area contributed by atoms with Crippen LogP contribution in [-0.2, 0) is 6.54 Å². The molecule has 0 spiro atoms. The molecule has 0 saturated heterocycles. The largest absolute Gasteiger partial charge is 0.289 e. The number of anilines is 1. The normalized spacial score (nSPS) is 10.4. The molecule has 1 amide bonds. The van der Waals surface area contributed by atoms with Gasteiger partial charge in [-0.05, 0) is 35.8 Å². The zero-order valence-corrected chi connectivity index (χ0v) is 11.6. The van der Waals surface area contributed by atoms with Crippen molar-refractivity contribution in [3.8, 4) is 0 Å². The van der Waals surface area contributed by atoms with Gasteiger partial charge in [-0.15, -0.1) is 0 Å². The summed E-state index contributed by atoms with van der Waals surface area (Å²) in [6.07, 6.45) is 3.19. The van der Waals surface area contributed by atoms with Gasteiger partial charge in [0.15, 0.2) is 0 Å². The minimum atomic E-state index is -0.285. The van der Waals surface area contributed by atoms with Crippen LogP contribution < -0.4 is 5.32 Å². The van der Waals surface area contributed by atoms with Gasteiger partial charge in [-0.25, -0.2) is 9.97 Å². The molecule has 94 valence electrons. The van der Waals surface area contributed by atoms with Crippen LogP contribution in [0, 0.1) is 6.92 Å². The summed E-state index contributed by atoms with van der Waals surface area (Å²) in [5, 5.41) is 6.73. The molecule has 0 aliphatic rings. The fourth-order valence-electron chi connectivity index (χ4n) is 1.50. The molecule has 2 aromatic heterocycles. The van der Waals surface area contributed by atoms with Crippen molar-refractivity contribution in [3.05, 3.63) is 34.3 Å². The van der Waals surface area contributed by atoms with E-state index in [0.29, 0.717) is 16.7 Å². The third kappa shape index (κ3) is 2.56. The summed E-state index contributed by atoms with van der Waals surface area (Å²) in [5.74, 6) is 0.00239. The number of hydrogen-bond donors (Lipinski definition) is 1. The third-order valence-electron chi connectivity index (χ3n) is 2.33. The fourth-order valence-corrected chi connectivity index (χ4v) is 1.97. The zero-order valence-electron chi connectivity index (χ0n) is 10.0. The number of hydrogen-bond acceptors (Lipinski definition) is 4. The van der Waals surface area contributed by atoms with Gasteiger partial charge in [0, 0.05) is 18.4 Å². The van der Waals surface area contributed by atoms with Crippen molar-refractivity contribution in [2.24, 2.45) is 0 Å². The van der Waals surface area contributed by atoms with E-state index in [0.717, 1.165) is 5.69 Å². The second-order valence-electron chi connectivity index (χ2n) is 3.63. The van der Waals surface area contributed by atoms with Crippen LogP contribution in [0.4, 0.5) is 5.95 Å². The van der Waals surface area contributed by atoms with Crippen LogP contribution in [0.2, 0.25) is 0 Å². The Morgan fingerprint density at radius 2 is 2.33 bits per heavy atom. The summed E-state index contributed by atoms with van der Waals surface area (Å²) >= 11 is 3.30. The Bertz CT molecular complexity index is 581. The van der Waals surface area contributed by atoms with Gasteiger partial charge in [0.05, 0.1) is 10.7 Å². The number of nitrogens with zero attached hydrogens (tertiary/aromatic N) is 4. The van der Waals surface area contributed by atoms with Crippen molar-refractivity contribution in [2.75, 3.05) is 5.32 Å². The van der Waals surface area contributed by atoms with Crippen LogP contribution in [0.1, 0.15) is 23.1 Å². The van der Waals surface area contributed by atoms with Crippen molar-refractivity contribution in [2.45, 2.75) is 20.4 Å². The van der Waals surface area contributed by atoms with Crippen LogP contribution in [0.5, 0.6) is 0 Å². The predicted octanol–water partition coefficient (Wildman–Crippen LogP) is 2.02. The number of aryl methyl sites for hydroxylation is 2. The summed E-state index contributed by atoms with van der Waals surface area (Å²) in [6.45, 7) is 4.37.